The van der Waals surface area contributed by atoms with E-state index < -0.39 is 26.1 Å². The van der Waals surface area contributed by atoms with Crippen molar-refractivity contribution in [1.82, 2.24) is 14.7 Å². The van der Waals surface area contributed by atoms with Crippen molar-refractivity contribution in [3.05, 3.63) is 117 Å². The molecule has 4 N–H and O–H groups in total. The molecule has 4 aromatic rings. The molecular formula is C38H42N6O6S2. The lowest BCUT2D eigenvalue weighted by molar-refractivity contribution is 0.256. The van der Waals surface area contributed by atoms with Gasteiger partial charge in [-0.3, -0.25) is 9.97 Å². The van der Waals surface area contributed by atoms with Crippen molar-refractivity contribution in [3.8, 4) is 0 Å². The fourth-order valence-corrected chi connectivity index (χ4v) is 9.32. The van der Waals surface area contributed by atoms with Gasteiger partial charge in [0, 0.05) is 30.5 Å². The van der Waals surface area contributed by atoms with E-state index >= 15 is 0 Å². The van der Waals surface area contributed by atoms with E-state index in [1.807, 2.05) is 0 Å². The van der Waals surface area contributed by atoms with Crippen molar-refractivity contribution in [2.75, 3.05) is 5.32 Å². The molecule has 272 valence electrons. The standard InChI is InChI=1S/C19H21N3O3S.C13H13NO.C6H8N2O2S/c23-19(22-26(24,25)12-13-4-3-9-20-11-13)21-18-16-7-1-5-14(16)10-15-6-2-8-17(15)18;15-8-14-13-11-5-1-3-9(11)7-10-4-2-6-12(10)13;7-11(9,10)5-6-2-1-3-8-4-6/h3-4,9-11H,1-2,5-8,12H2,(H2,21,22,23);7H,1-6H2;1-4H,5H2,(H2,7,9,10). The Kier molecular flexibility index (Phi) is 11.6. The summed E-state index contributed by atoms with van der Waals surface area (Å²) >= 11 is 0. The Morgan fingerprint density at radius 1 is 0.712 bits per heavy atom. The fraction of sp³-hybridized carbons (Fsp3) is 0.368. The summed E-state index contributed by atoms with van der Waals surface area (Å²) in [5, 5.41) is 7.65. The molecule has 0 bridgehead atoms. The zero-order chi connectivity index (χ0) is 36.7. The number of carbonyl (C=O) groups excluding carboxylic acids is 2. The Hall–Kier alpha value is -4.75. The Labute approximate surface area is 304 Å². The highest BCUT2D eigenvalue weighted by Crippen LogP contribution is 2.40. The van der Waals surface area contributed by atoms with Crippen molar-refractivity contribution in [1.29, 1.82) is 0 Å². The second-order valence-electron chi connectivity index (χ2n) is 13.5. The number of aliphatic imine (C=N–C) groups is 1. The zero-order valence-corrected chi connectivity index (χ0v) is 30.5. The van der Waals surface area contributed by atoms with Gasteiger partial charge in [-0.15, -0.1) is 0 Å². The number of nitrogens with zero attached hydrogens (tertiary/aromatic N) is 3. The number of carbonyl (C=O) groups is 1. The zero-order valence-electron chi connectivity index (χ0n) is 28.9. The lowest BCUT2D eigenvalue weighted by Gasteiger charge is -2.16. The van der Waals surface area contributed by atoms with Gasteiger partial charge in [0.2, 0.25) is 26.1 Å². The first-order valence-electron chi connectivity index (χ1n) is 17.5. The molecule has 0 atom stereocenters. The van der Waals surface area contributed by atoms with E-state index in [1.165, 1.54) is 69.7 Å². The van der Waals surface area contributed by atoms with Gasteiger partial charge < -0.3 is 5.32 Å². The summed E-state index contributed by atoms with van der Waals surface area (Å²) in [4.78, 5) is 34.5. The Bertz CT molecular complexity index is 2160. The van der Waals surface area contributed by atoms with Crippen LogP contribution in [0.15, 0.2) is 66.2 Å². The number of urea groups is 1. The van der Waals surface area contributed by atoms with Gasteiger partial charge in [-0.1, -0.05) is 24.3 Å². The highest BCUT2D eigenvalue weighted by molar-refractivity contribution is 7.89. The summed E-state index contributed by atoms with van der Waals surface area (Å²) in [6.07, 6.45) is 20.8. The second-order valence-corrected chi connectivity index (χ2v) is 16.8. The lowest BCUT2D eigenvalue weighted by Crippen LogP contribution is -2.35. The van der Waals surface area contributed by atoms with E-state index in [2.05, 4.69) is 37.1 Å². The van der Waals surface area contributed by atoms with Crippen LogP contribution in [0.1, 0.15) is 81.3 Å². The lowest BCUT2D eigenvalue weighted by atomic mass is 9.99. The van der Waals surface area contributed by atoms with Gasteiger partial charge in [-0.05, 0) is 145 Å². The summed E-state index contributed by atoms with van der Waals surface area (Å²) in [6.45, 7) is 0. The monoisotopic (exact) mass is 742 g/mol. The second kappa shape index (κ2) is 16.3. The van der Waals surface area contributed by atoms with Crippen LogP contribution in [-0.4, -0.2) is 38.9 Å². The topological polar surface area (TPSA) is 191 Å². The molecule has 2 amide bonds. The molecule has 2 aromatic carbocycles. The Morgan fingerprint density at radius 3 is 1.62 bits per heavy atom. The number of isocyanates is 1. The summed E-state index contributed by atoms with van der Waals surface area (Å²) < 4.78 is 47.8. The number of aromatic nitrogens is 2. The van der Waals surface area contributed by atoms with Crippen LogP contribution in [0.3, 0.4) is 0 Å². The van der Waals surface area contributed by atoms with Gasteiger partial charge >= 0.3 is 6.03 Å². The molecule has 0 unspecified atom stereocenters. The van der Waals surface area contributed by atoms with Crippen LogP contribution in [0.25, 0.3) is 0 Å². The minimum Gasteiger partial charge on any atom is -0.307 e. The number of hydrogen-bond donors (Lipinski definition) is 3. The molecule has 0 aliphatic heterocycles. The van der Waals surface area contributed by atoms with Crippen LogP contribution in [0, 0.1) is 0 Å². The van der Waals surface area contributed by atoms with Gasteiger partial charge in [-0.2, -0.15) is 4.99 Å². The van der Waals surface area contributed by atoms with Gasteiger partial charge in [0.15, 0.2) is 0 Å². The molecule has 0 radical (unpaired) electrons. The number of anilines is 1. The number of rotatable bonds is 7. The summed E-state index contributed by atoms with van der Waals surface area (Å²) in [5.41, 5.74) is 13.3. The minimum absolute atomic E-state index is 0.152. The molecule has 0 fully saturated rings. The Balaban J connectivity index is 0.000000150. The normalized spacial score (nSPS) is 15.0. The number of hydrogen-bond acceptors (Lipinski definition) is 9. The van der Waals surface area contributed by atoms with E-state index in [-0.39, 0.29) is 11.5 Å². The molecule has 52 heavy (non-hydrogen) atoms. The predicted molar refractivity (Wildman–Crippen MR) is 199 cm³/mol. The largest absolute Gasteiger partial charge is 0.332 e. The highest BCUT2D eigenvalue weighted by Gasteiger charge is 2.26. The van der Waals surface area contributed by atoms with E-state index in [9.17, 15) is 26.4 Å². The average Bonchev–Trinajstić information content (AvgIpc) is 3.92. The fourth-order valence-electron chi connectivity index (χ4n) is 7.67. The van der Waals surface area contributed by atoms with Gasteiger partial charge in [0.1, 0.15) is 0 Å². The first-order valence-corrected chi connectivity index (χ1v) is 20.9. The number of fused-ring (bicyclic) bond motifs is 4. The molecule has 4 aliphatic carbocycles. The number of nitrogens with one attached hydrogen (secondary N) is 2. The molecule has 2 aromatic heterocycles. The minimum atomic E-state index is -3.78. The van der Waals surface area contributed by atoms with Gasteiger partial charge in [-0.25, -0.2) is 36.3 Å². The number of sulfonamides is 2. The van der Waals surface area contributed by atoms with Crippen molar-refractivity contribution >= 4 is 43.5 Å². The van der Waals surface area contributed by atoms with Crippen molar-refractivity contribution in [2.45, 2.75) is 88.6 Å². The van der Waals surface area contributed by atoms with Crippen LogP contribution in [0.2, 0.25) is 0 Å². The van der Waals surface area contributed by atoms with Crippen LogP contribution < -0.4 is 15.2 Å². The maximum Gasteiger partial charge on any atom is 0.332 e. The molecule has 14 heteroatoms. The van der Waals surface area contributed by atoms with E-state index in [0.29, 0.717) is 11.1 Å². The van der Waals surface area contributed by atoms with E-state index in [1.54, 1.807) is 42.7 Å². The maximum absolute atomic E-state index is 12.4. The van der Waals surface area contributed by atoms with E-state index in [0.717, 1.165) is 75.6 Å². The van der Waals surface area contributed by atoms with Crippen molar-refractivity contribution < 1.29 is 26.4 Å². The smallest absolute Gasteiger partial charge is 0.307 e. The number of benzene rings is 2. The molecule has 4 aliphatic rings. The third-order valence-corrected chi connectivity index (χ3v) is 11.7. The number of amides is 2. The van der Waals surface area contributed by atoms with Crippen LogP contribution in [-0.2, 0) is 87.7 Å². The quantitative estimate of drug-likeness (QED) is 0.170. The van der Waals surface area contributed by atoms with Crippen LogP contribution in [0.4, 0.5) is 16.2 Å². The van der Waals surface area contributed by atoms with Gasteiger partial charge in [0.05, 0.1) is 17.2 Å². The summed E-state index contributed by atoms with van der Waals surface area (Å²) in [7, 11) is -7.20. The molecule has 0 saturated carbocycles. The molecule has 0 spiro atoms. The number of nitrogens with two attached hydrogens (primary N) is 1. The van der Waals surface area contributed by atoms with E-state index in [4.69, 9.17) is 5.14 Å². The first kappa shape index (κ1) is 37.0. The molecular weight excluding hydrogens is 701 g/mol. The number of aryl methyl sites for hydroxylation is 4. The third kappa shape index (κ3) is 9.37. The third-order valence-electron chi connectivity index (χ3n) is 9.73. The van der Waals surface area contributed by atoms with Crippen LogP contribution >= 0.6 is 0 Å². The van der Waals surface area contributed by atoms with Gasteiger partial charge in [0.25, 0.3) is 0 Å². The molecule has 12 nitrogen and oxygen atoms in total. The Morgan fingerprint density at radius 2 is 1.17 bits per heavy atom. The van der Waals surface area contributed by atoms with Crippen LogP contribution in [0.5, 0.6) is 0 Å². The molecule has 8 rings (SSSR count). The highest BCUT2D eigenvalue weighted by atomic mass is 32.2. The predicted octanol–water partition coefficient (Wildman–Crippen LogP) is 5.21. The SMILES string of the molecule is NS(=O)(=O)Cc1cccnc1.O=C(Nc1c2c(cc3c1CCC3)CCC2)NS(=O)(=O)Cc1cccnc1.O=C=Nc1c2c(cc3c1CCC3)CCC2. The summed E-state index contributed by atoms with van der Waals surface area (Å²) in [6, 6.07) is 10.6. The molecule has 2 heterocycles. The van der Waals surface area contributed by atoms with Crippen molar-refractivity contribution in [3.63, 3.8) is 0 Å². The number of primary sulfonamides is 1. The maximum atomic E-state index is 12.4. The number of pyridine rings is 2. The average molecular weight is 743 g/mol. The van der Waals surface area contributed by atoms with Crippen molar-refractivity contribution in [2.24, 2.45) is 10.1 Å². The molecule has 0 saturated heterocycles. The first-order chi connectivity index (χ1) is 25.0. The summed E-state index contributed by atoms with van der Waals surface area (Å²) in [5.74, 6) is -0.430.